The van der Waals surface area contributed by atoms with Gasteiger partial charge in [-0.1, -0.05) is 37.6 Å². The number of rotatable bonds is 6. The van der Waals surface area contributed by atoms with Crippen LogP contribution in [0.3, 0.4) is 0 Å². The van der Waals surface area contributed by atoms with Gasteiger partial charge < -0.3 is 19.0 Å². The van der Waals surface area contributed by atoms with Gasteiger partial charge in [-0.15, -0.1) is 0 Å². The largest absolute Gasteiger partial charge is 0.503 e. The summed E-state index contributed by atoms with van der Waals surface area (Å²) in [7, 11) is 0. The summed E-state index contributed by atoms with van der Waals surface area (Å²) in [5, 5.41) is 10.7. The van der Waals surface area contributed by atoms with E-state index in [0.29, 0.717) is 12.4 Å². The Morgan fingerprint density at radius 2 is 1.88 bits per heavy atom. The molecule has 6 heteroatoms. The minimum absolute atomic E-state index is 0.154. The summed E-state index contributed by atoms with van der Waals surface area (Å²) >= 11 is 0. The van der Waals surface area contributed by atoms with Gasteiger partial charge in [0.25, 0.3) is 5.75 Å². The Kier molecular flexibility index (Phi) is 5.22. The van der Waals surface area contributed by atoms with Crippen molar-refractivity contribution in [1.82, 2.24) is 0 Å². The van der Waals surface area contributed by atoms with E-state index in [-0.39, 0.29) is 16.5 Å². The Bertz CT molecular complexity index is 975. The average molecular weight is 354 g/mol. The van der Waals surface area contributed by atoms with Crippen molar-refractivity contribution >= 4 is 16.9 Å². The van der Waals surface area contributed by atoms with Gasteiger partial charge >= 0.3 is 11.6 Å². The van der Waals surface area contributed by atoms with Gasteiger partial charge in [-0.05, 0) is 30.7 Å². The third-order valence-electron chi connectivity index (χ3n) is 3.79. The number of unbranched alkanes of at least 4 members (excludes halogenated alkanes) is 1. The first-order chi connectivity index (χ1) is 12.6. The van der Waals surface area contributed by atoms with Crippen molar-refractivity contribution in [2.24, 2.45) is 0 Å². The van der Waals surface area contributed by atoms with Crippen molar-refractivity contribution in [2.45, 2.75) is 19.8 Å². The normalized spacial score (nSPS) is 10.7. The molecule has 3 aromatic rings. The fraction of sp³-hybridized carbons (Fsp3) is 0.200. The summed E-state index contributed by atoms with van der Waals surface area (Å²) in [5.41, 5.74) is -0.537. The second-order valence-electron chi connectivity index (χ2n) is 5.65. The summed E-state index contributed by atoms with van der Waals surface area (Å²) in [6.45, 7) is 2.48. The van der Waals surface area contributed by atoms with E-state index in [4.69, 9.17) is 13.9 Å². The third-order valence-corrected chi connectivity index (χ3v) is 3.79. The molecule has 0 aliphatic carbocycles. The molecule has 0 atom stereocenters. The molecule has 0 aliphatic rings. The van der Waals surface area contributed by atoms with Crippen molar-refractivity contribution in [3.8, 4) is 17.2 Å². The molecule has 0 spiro atoms. The zero-order valence-electron chi connectivity index (χ0n) is 14.2. The summed E-state index contributed by atoms with van der Waals surface area (Å²) < 4.78 is 15.9. The Morgan fingerprint density at radius 1 is 1.12 bits per heavy atom. The van der Waals surface area contributed by atoms with E-state index in [0.717, 1.165) is 12.8 Å². The van der Waals surface area contributed by atoms with Gasteiger partial charge in [-0.2, -0.15) is 0 Å². The third kappa shape index (κ3) is 3.54. The quantitative estimate of drug-likeness (QED) is 0.410. The smallest absolute Gasteiger partial charge is 0.383 e. The van der Waals surface area contributed by atoms with E-state index in [9.17, 15) is 14.7 Å². The minimum Gasteiger partial charge on any atom is -0.503 e. The molecule has 0 fully saturated rings. The van der Waals surface area contributed by atoms with Crippen LogP contribution in [-0.2, 0) is 0 Å². The van der Waals surface area contributed by atoms with Gasteiger partial charge in [-0.25, -0.2) is 9.59 Å². The number of aromatic hydroxyl groups is 1. The van der Waals surface area contributed by atoms with Crippen molar-refractivity contribution in [3.05, 3.63) is 64.5 Å². The van der Waals surface area contributed by atoms with Crippen molar-refractivity contribution in [3.63, 3.8) is 0 Å². The predicted molar refractivity (Wildman–Crippen MR) is 96.0 cm³/mol. The molecular weight excluding hydrogens is 336 g/mol. The summed E-state index contributed by atoms with van der Waals surface area (Å²) in [6, 6.07) is 13.0. The number of esters is 1. The molecule has 0 unspecified atom stereocenters. The van der Waals surface area contributed by atoms with Crippen LogP contribution in [0.1, 0.15) is 30.1 Å². The second kappa shape index (κ2) is 7.74. The molecule has 2 aromatic carbocycles. The van der Waals surface area contributed by atoms with E-state index >= 15 is 0 Å². The number of carbonyl (C=O) groups excluding carboxylic acids is 1. The van der Waals surface area contributed by atoms with E-state index in [1.54, 1.807) is 42.5 Å². The van der Waals surface area contributed by atoms with E-state index in [2.05, 4.69) is 0 Å². The number of hydrogen-bond donors (Lipinski definition) is 1. The summed E-state index contributed by atoms with van der Waals surface area (Å²) in [5.74, 6) is -1.45. The van der Waals surface area contributed by atoms with E-state index in [1.165, 1.54) is 6.07 Å². The molecule has 0 radical (unpaired) electrons. The monoisotopic (exact) mass is 354 g/mol. The number of hydrogen-bond acceptors (Lipinski definition) is 6. The van der Waals surface area contributed by atoms with E-state index < -0.39 is 23.1 Å². The van der Waals surface area contributed by atoms with Crippen molar-refractivity contribution < 1.29 is 23.8 Å². The van der Waals surface area contributed by atoms with Gasteiger partial charge in [0.15, 0.2) is 5.75 Å². The summed E-state index contributed by atoms with van der Waals surface area (Å²) in [6.07, 6.45) is 1.79. The zero-order valence-corrected chi connectivity index (χ0v) is 14.2. The molecule has 6 nitrogen and oxygen atoms in total. The van der Waals surface area contributed by atoms with Crippen LogP contribution >= 0.6 is 0 Å². The molecule has 134 valence electrons. The lowest BCUT2D eigenvalue weighted by atomic mass is 10.2. The first-order valence-electron chi connectivity index (χ1n) is 8.30. The highest BCUT2D eigenvalue weighted by molar-refractivity contribution is 5.94. The van der Waals surface area contributed by atoms with Gasteiger partial charge in [0.1, 0.15) is 16.7 Å². The van der Waals surface area contributed by atoms with Crippen molar-refractivity contribution in [2.75, 3.05) is 6.61 Å². The fourth-order valence-corrected chi connectivity index (χ4v) is 2.45. The maximum absolute atomic E-state index is 12.2. The molecule has 1 N–H and O–H groups in total. The van der Waals surface area contributed by atoms with Gasteiger partial charge in [0, 0.05) is 0 Å². The topological polar surface area (TPSA) is 86.0 Å². The minimum atomic E-state index is -0.940. The van der Waals surface area contributed by atoms with Crippen LogP contribution in [0.15, 0.2) is 57.7 Å². The maximum atomic E-state index is 12.2. The number of carbonyl (C=O) groups is 1. The molecule has 0 saturated heterocycles. The molecule has 1 aromatic heterocycles. The van der Waals surface area contributed by atoms with Crippen LogP contribution in [0, 0.1) is 0 Å². The lowest BCUT2D eigenvalue weighted by molar-refractivity contribution is 0.0723. The number of fused-ring (bicyclic) bond motifs is 1. The Labute approximate surface area is 149 Å². The lowest BCUT2D eigenvalue weighted by Crippen LogP contribution is -2.14. The molecule has 3 rings (SSSR count). The Morgan fingerprint density at radius 3 is 2.62 bits per heavy atom. The standard InChI is InChI=1S/C20H18O6/c1-2-3-12-24-14-10-7-11-15-16(14)17(21)18(20(23)25-15)26-19(22)13-8-5-4-6-9-13/h4-11,21H,2-3,12H2,1H3. The van der Waals surface area contributed by atoms with Crippen LogP contribution < -0.4 is 15.1 Å². The van der Waals surface area contributed by atoms with Crippen LogP contribution in [-0.4, -0.2) is 17.7 Å². The molecule has 1 heterocycles. The molecule has 0 amide bonds. The van der Waals surface area contributed by atoms with E-state index in [1.807, 2.05) is 6.92 Å². The highest BCUT2D eigenvalue weighted by Crippen LogP contribution is 2.38. The van der Waals surface area contributed by atoms with Gasteiger partial charge in [0.2, 0.25) is 0 Å². The highest BCUT2D eigenvalue weighted by atomic mass is 16.6. The molecule has 0 bridgehead atoms. The predicted octanol–water partition coefficient (Wildman–Crippen LogP) is 3.90. The SMILES string of the molecule is CCCCOc1cccc2oc(=O)c(OC(=O)c3ccccc3)c(O)c12. The first-order valence-corrected chi connectivity index (χ1v) is 8.30. The van der Waals surface area contributed by atoms with Crippen LogP contribution in [0.4, 0.5) is 0 Å². The van der Waals surface area contributed by atoms with Crippen LogP contribution in [0.2, 0.25) is 0 Å². The highest BCUT2D eigenvalue weighted by Gasteiger charge is 2.22. The van der Waals surface area contributed by atoms with Gasteiger partial charge in [-0.3, -0.25) is 0 Å². The second-order valence-corrected chi connectivity index (χ2v) is 5.65. The molecule has 0 aliphatic heterocycles. The first kappa shape index (κ1) is 17.5. The van der Waals surface area contributed by atoms with Crippen molar-refractivity contribution in [1.29, 1.82) is 0 Å². The molecule has 0 saturated carbocycles. The van der Waals surface area contributed by atoms with Gasteiger partial charge in [0.05, 0.1) is 12.2 Å². The fourth-order valence-electron chi connectivity index (χ4n) is 2.45. The number of ether oxygens (including phenoxy) is 2. The molecular formula is C20H18O6. The average Bonchev–Trinajstić information content (AvgIpc) is 2.65. The Balaban J connectivity index is 2.01. The van der Waals surface area contributed by atoms with Crippen LogP contribution in [0.5, 0.6) is 17.2 Å². The Hall–Kier alpha value is -3.28. The lowest BCUT2D eigenvalue weighted by Gasteiger charge is -2.11. The maximum Gasteiger partial charge on any atom is 0.383 e. The summed E-state index contributed by atoms with van der Waals surface area (Å²) in [4.78, 5) is 24.4. The van der Waals surface area contributed by atoms with Crippen LogP contribution in [0.25, 0.3) is 11.0 Å². The number of benzene rings is 2. The zero-order chi connectivity index (χ0) is 18.5. The molecule has 26 heavy (non-hydrogen) atoms.